The highest BCUT2D eigenvalue weighted by molar-refractivity contribution is 7.13. The summed E-state index contributed by atoms with van der Waals surface area (Å²) in [6.07, 6.45) is 13.3. The molecule has 0 unspecified atom stereocenters. The van der Waals surface area contributed by atoms with Gasteiger partial charge in [0.25, 0.3) is 0 Å². The minimum Gasteiger partial charge on any atom is -0.490 e. The Morgan fingerprint density at radius 3 is 2.24 bits per heavy atom. The Morgan fingerprint density at radius 2 is 1.60 bits per heavy atom. The molecule has 3 amide bonds. The SMILES string of the molecule is CCn1c(-c2nonc2N)nc2c(C#CC(C)(C)O)ncc(OCCCCCCCC(=O)NCCCCCCCCCC(=O)C[C@H](C(=O)N3C[C@H](O)C[C@H]3C(=O)NCc3ccc(-c4scnc4C)cc3)C(C)(C)C)c21. The Bertz CT molecular complexity index is 2740. The predicted molar refractivity (Wildman–Crippen MR) is 290 cm³/mol. The van der Waals surface area contributed by atoms with Gasteiger partial charge in [-0.25, -0.2) is 19.6 Å². The van der Waals surface area contributed by atoms with Crippen molar-refractivity contribution >= 4 is 51.7 Å². The maximum Gasteiger partial charge on any atom is 0.243 e. The lowest BCUT2D eigenvalue weighted by Crippen LogP contribution is -2.50. The number of anilines is 1. The van der Waals surface area contributed by atoms with Gasteiger partial charge in [0, 0.05) is 57.8 Å². The standard InChI is InChI=1S/C56H78N10O8S/c1-8-65-49-45(34-59-43(27-28-56(6,7)72)47(49)62-52(65)48-51(57)64-74-63-48)73-30-20-16-12-14-18-22-46(69)58-29-19-15-11-9-10-13-17-21-40(67)31-42(55(3,4)5)54(71)66-35-41(68)32-44(66)53(70)60-33-38-23-25-39(26-24-38)50-37(2)61-36-75-50/h23-26,34,36,41-42,44,68,72H,8-22,29-33,35H2,1-7H3,(H2,57,64)(H,58,69)(H,60,70)/t41-,42-,44+/m1/s1. The summed E-state index contributed by atoms with van der Waals surface area (Å²) in [5, 5.41) is 34.5. The number of carbonyl (C=O) groups excluding carboxylic acids is 4. The first-order valence-electron chi connectivity index (χ1n) is 26.7. The molecule has 1 aliphatic rings. The second-order valence-electron chi connectivity index (χ2n) is 21.3. The molecule has 5 heterocycles. The van der Waals surface area contributed by atoms with Crippen LogP contribution >= 0.6 is 11.3 Å². The Balaban J connectivity index is 0.802. The largest absolute Gasteiger partial charge is 0.490 e. The highest BCUT2D eigenvalue weighted by atomic mass is 32.1. The van der Waals surface area contributed by atoms with Gasteiger partial charge in [-0.05, 0) is 86.2 Å². The number of rotatable bonds is 28. The molecule has 0 bridgehead atoms. The minimum atomic E-state index is -1.22. The zero-order valence-electron chi connectivity index (χ0n) is 45.0. The Labute approximate surface area is 445 Å². The molecule has 19 heteroatoms. The molecule has 18 nitrogen and oxygen atoms in total. The van der Waals surface area contributed by atoms with Crippen molar-refractivity contribution < 1.29 is 38.8 Å². The van der Waals surface area contributed by atoms with Gasteiger partial charge in [-0.2, -0.15) is 0 Å². The number of imidazole rings is 1. The van der Waals surface area contributed by atoms with E-state index < -0.39 is 29.1 Å². The number of β-amino-alcohol motifs (C(OH)–C–C–N with tert-alkyl or cyclic N) is 1. The first-order valence-corrected chi connectivity index (χ1v) is 27.6. The lowest BCUT2D eigenvalue weighted by Gasteiger charge is -2.34. The predicted octanol–water partition coefficient (Wildman–Crippen LogP) is 8.49. The number of aliphatic hydroxyl groups is 2. The van der Waals surface area contributed by atoms with Crippen LogP contribution in [-0.4, -0.2) is 106 Å². The Morgan fingerprint density at radius 1 is 0.920 bits per heavy atom. The second kappa shape index (κ2) is 27.5. The van der Waals surface area contributed by atoms with Gasteiger partial charge in [-0.15, -0.1) is 11.3 Å². The van der Waals surface area contributed by atoms with Crippen molar-refractivity contribution in [3.63, 3.8) is 0 Å². The maximum absolute atomic E-state index is 14.1. The molecule has 1 aromatic carbocycles. The van der Waals surface area contributed by atoms with E-state index in [1.54, 1.807) is 31.4 Å². The molecule has 4 aromatic heterocycles. The third-order valence-corrected chi connectivity index (χ3v) is 14.6. The monoisotopic (exact) mass is 1050 g/mol. The molecule has 406 valence electrons. The molecule has 3 atom stereocenters. The molecule has 1 fully saturated rings. The number of fused-ring (bicyclic) bond motifs is 1. The number of amides is 3. The van der Waals surface area contributed by atoms with Crippen LogP contribution in [0.4, 0.5) is 5.82 Å². The fourth-order valence-electron chi connectivity index (χ4n) is 9.37. The van der Waals surface area contributed by atoms with Crippen molar-refractivity contribution in [2.24, 2.45) is 11.3 Å². The van der Waals surface area contributed by atoms with Crippen LogP contribution in [0.1, 0.15) is 161 Å². The quantitative estimate of drug-likeness (QED) is 0.0233. The molecular formula is C56H78N10O8S. The first kappa shape index (κ1) is 58.0. The Kier molecular flexibility index (Phi) is 21.3. The first-order chi connectivity index (χ1) is 35.8. The van der Waals surface area contributed by atoms with Gasteiger partial charge in [-0.3, -0.25) is 19.2 Å². The van der Waals surface area contributed by atoms with E-state index in [1.165, 1.54) is 4.90 Å². The van der Waals surface area contributed by atoms with Gasteiger partial charge in [-0.1, -0.05) is 102 Å². The number of nitrogens with zero attached hydrogens (tertiary/aromatic N) is 7. The van der Waals surface area contributed by atoms with Crippen molar-refractivity contribution in [1.82, 2.24) is 45.4 Å². The third-order valence-electron chi connectivity index (χ3n) is 13.6. The van der Waals surface area contributed by atoms with E-state index in [1.807, 2.05) is 69.0 Å². The van der Waals surface area contributed by atoms with Gasteiger partial charge in [0.1, 0.15) is 34.2 Å². The molecule has 1 aliphatic heterocycles. The smallest absolute Gasteiger partial charge is 0.243 e. The number of ketones is 1. The number of carbonyl (C=O) groups is 4. The summed E-state index contributed by atoms with van der Waals surface area (Å²) < 4.78 is 13.0. The van der Waals surface area contributed by atoms with Crippen molar-refractivity contribution in [2.75, 3.05) is 25.4 Å². The number of aliphatic hydroxyl groups excluding tert-OH is 1. The topological polar surface area (TPSA) is 254 Å². The molecule has 0 aliphatic carbocycles. The molecule has 75 heavy (non-hydrogen) atoms. The number of likely N-dealkylation sites (tertiary alicyclic amines) is 1. The molecule has 1 saturated heterocycles. The number of Topliss-reactive ketones (excluding diaryl/α,β-unsaturated/α-hetero) is 1. The summed E-state index contributed by atoms with van der Waals surface area (Å²) in [5.74, 6) is 5.82. The normalized spacial score (nSPS) is 15.2. The van der Waals surface area contributed by atoms with Crippen LogP contribution in [0.3, 0.4) is 0 Å². The highest BCUT2D eigenvalue weighted by Crippen LogP contribution is 2.36. The molecular weight excluding hydrogens is 973 g/mol. The van der Waals surface area contributed by atoms with E-state index in [9.17, 15) is 29.4 Å². The fraction of sp³-hybridized carbons (Fsp3) is 0.589. The number of nitrogen functional groups attached to an aromatic ring is 1. The van der Waals surface area contributed by atoms with E-state index in [0.29, 0.717) is 73.1 Å². The van der Waals surface area contributed by atoms with E-state index in [2.05, 4.69) is 42.8 Å². The molecule has 6 N–H and O–H groups in total. The summed E-state index contributed by atoms with van der Waals surface area (Å²) >= 11 is 1.59. The molecule has 5 aromatic rings. The fourth-order valence-corrected chi connectivity index (χ4v) is 10.2. The van der Waals surface area contributed by atoms with Crippen LogP contribution in [0.25, 0.3) is 33.0 Å². The number of benzene rings is 1. The lowest BCUT2D eigenvalue weighted by molar-refractivity contribution is -0.146. The number of nitrogens with two attached hydrogens (primary N) is 1. The average Bonchev–Trinajstić information content (AvgIpc) is 4.18. The van der Waals surface area contributed by atoms with E-state index in [0.717, 1.165) is 98.7 Å². The van der Waals surface area contributed by atoms with Gasteiger partial charge in [0.05, 0.1) is 35.0 Å². The van der Waals surface area contributed by atoms with Gasteiger partial charge in [0.2, 0.25) is 17.7 Å². The number of hydrogen-bond donors (Lipinski definition) is 5. The zero-order valence-corrected chi connectivity index (χ0v) is 45.8. The maximum atomic E-state index is 14.1. The minimum absolute atomic E-state index is 0.0439. The van der Waals surface area contributed by atoms with Crippen molar-refractivity contribution in [2.45, 2.75) is 182 Å². The van der Waals surface area contributed by atoms with E-state index >= 15 is 0 Å². The highest BCUT2D eigenvalue weighted by Gasteiger charge is 2.44. The number of ether oxygens (including phenoxy) is 1. The number of thiazole rings is 1. The third kappa shape index (κ3) is 16.9. The van der Waals surface area contributed by atoms with Crippen LogP contribution in [0.5, 0.6) is 5.75 Å². The van der Waals surface area contributed by atoms with E-state index in [-0.39, 0.29) is 48.7 Å². The molecule has 6 rings (SSSR count). The number of aryl methyl sites for hydroxylation is 2. The number of pyridine rings is 1. The van der Waals surface area contributed by atoms with Crippen LogP contribution in [0.15, 0.2) is 40.6 Å². The van der Waals surface area contributed by atoms with Gasteiger partial charge in [0.15, 0.2) is 23.1 Å². The van der Waals surface area contributed by atoms with Crippen molar-refractivity contribution in [1.29, 1.82) is 0 Å². The average molecular weight is 1050 g/mol. The molecule has 0 saturated carbocycles. The summed E-state index contributed by atoms with van der Waals surface area (Å²) in [4.78, 5) is 69.5. The summed E-state index contributed by atoms with van der Waals surface area (Å²) in [6, 6.07) is 7.16. The number of nitrogens with one attached hydrogen (secondary N) is 2. The number of aromatic nitrogens is 6. The second-order valence-corrected chi connectivity index (χ2v) is 22.2. The van der Waals surface area contributed by atoms with Crippen molar-refractivity contribution in [3.8, 4) is 39.5 Å². The van der Waals surface area contributed by atoms with Crippen LogP contribution in [0, 0.1) is 30.1 Å². The number of hydrogen-bond acceptors (Lipinski definition) is 15. The zero-order chi connectivity index (χ0) is 54.1. The van der Waals surface area contributed by atoms with Gasteiger partial charge >= 0.3 is 0 Å². The summed E-state index contributed by atoms with van der Waals surface area (Å²) in [5.41, 5.74) is 11.0. The van der Waals surface area contributed by atoms with Crippen LogP contribution < -0.4 is 21.1 Å². The Hall–Kier alpha value is -6.23. The van der Waals surface area contributed by atoms with Gasteiger partial charge < -0.3 is 40.8 Å². The summed E-state index contributed by atoms with van der Waals surface area (Å²) in [6.45, 7) is 15.0. The lowest BCUT2D eigenvalue weighted by atomic mass is 9.76. The number of unbranched alkanes of at least 4 members (excludes halogenated alkanes) is 10. The summed E-state index contributed by atoms with van der Waals surface area (Å²) in [7, 11) is 0. The molecule has 0 radical (unpaired) electrons. The van der Waals surface area contributed by atoms with Crippen LogP contribution in [-0.2, 0) is 32.3 Å². The van der Waals surface area contributed by atoms with Crippen molar-refractivity contribution in [3.05, 3.63) is 52.9 Å². The van der Waals surface area contributed by atoms with E-state index in [4.69, 9.17) is 20.1 Å². The van der Waals surface area contributed by atoms with Crippen LogP contribution in [0.2, 0.25) is 0 Å². The molecule has 0 spiro atoms.